The summed E-state index contributed by atoms with van der Waals surface area (Å²) in [6.45, 7) is 0. The van der Waals surface area contributed by atoms with E-state index in [-0.39, 0.29) is 0 Å². The Hall–Kier alpha value is -0.181. The molecule has 0 heterocycles. The Balaban J connectivity index is 2.94. The molecule has 9 heavy (non-hydrogen) atoms. The van der Waals surface area contributed by atoms with Gasteiger partial charge in [0.15, 0.2) is 0 Å². The molecule has 0 aliphatic heterocycles. The molecule has 0 spiro atoms. The molecule has 2 heteroatoms. The molecule has 0 fully saturated rings. The Morgan fingerprint density at radius 1 is 1.44 bits per heavy atom. The molecule has 0 amide bonds. The van der Waals surface area contributed by atoms with Gasteiger partial charge in [0.2, 0.25) is 0 Å². The molecule has 2 radical (unpaired) electrons. The van der Waals surface area contributed by atoms with E-state index in [0.29, 0.717) is 0 Å². The zero-order valence-electron chi connectivity index (χ0n) is 5.29. The fourth-order valence-corrected chi connectivity index (χ4v) is 1.43. The van der Waals surface area contributed by atoms with Crippen LogP contribution >= 0.6 is 0 Å². The molecule has 0 N–H and O–H groups in total. The molecule has 0 bridgehead atoms. The van der Waals surface area contributed by atoms with Crippen LogP contribution in [0.4, 0.5) is 0 Å². The molecule has 0 saturated carbocycles. The average Bonchev–Trinajstić information content (AvgIpc) is 1.88. The van der Waals surface area contributed by atoms with Gasteiger partial charge in [-0.2, -0.15) is 0 Å². The molecular formula is C7H8OSn. The maximum absolute atomic E-state index is 5.02. The van der Waals surface area contributed by atoms with Crippen LogP contribution in [-0.2, 0) is 0 Å². The van der Waals surface area contributed by atoms with Crippen LogP contribution in [0.15, 0.2) is 24.3 Å². The van der Waals surface area contributed by atoms with Crippen molar-refractivity contribution in [2.45, 2.75) is 0 Å². The van der Waals surface area contributed by atoms with E-state index in [4.69, 9.17) is 4.74 Å². The molecule has 0 unspecified atom stereocenters. The van der Waals surface area contributed by atoms with Crippen LogP contribution < -0.4 is 8.32 Å². The predicted molar refractivity (Wildman–Crippen MR) is 39.8 cm³/mol. The average molecular weight is 227 g/mol. The van der Waals surface area contributed by atoms with Crippen molar-refractivity contribution in [3.05, 3.63) is 24.3 Å². The van der Waals surface area contributed by atoms with Gasteiger partial charge in [-0.3, -0.25) is 0 Å². The van der Waals surface area contributed by atoms with E-state index in [0.717, 1.165) is 28.3 Å². The summed E-state index contributed by atoms with van der Waals surface area (Å²) in [6, 6.07) is 8.13. The van der Waals surface area contributed by atoms with Crippen LogP contribution in [0.5, 0.6) is 5.75 Å². The van der Waals surface area contributed by atoms with Gasteiger partial charge < -0.3 is 0 Å². The van der Waals surface area contributed by atoms with Crippen molar-refractivity contribution < 1.29 is 4.74 Å². The topological polar surface area (TPSA) is 9.23 Å². The van der Waals surface area contributed by atoms with Gasteiger partial charge in [-0.25, -0.2) is 0 Å². The van der Waals surface area contributed by atoms with Gasteiger partial charge in [0.05, 0.1) is 0 Å². The Morgan fingerprint density at radius 3 is 2.67 bits per heavy atom. The first-order valence-corrected chi connectivity index (χ1v) is 4.37. The number of rotatable bonds is 1. The minimum atomic E-state index is 0.958. The SMILES string of the molecule is COc1ccc[c]([SnH])c1. The van der Waals surface area contributed by atoms with E-state index < -0.39 is 0 Å². The van der Waals surface area contributed by atoms with Gasteiger partial charge in [-0.15, -0.1) is 0 Å². The van der Waals surface area contributed by atoms with Gasteiger partial charge >= 0.3 is 68.0 Å². The fraction of sp³-hybridized carbons (Fsp3) is 0.143. The van der Waals surface area contributed by atoms with Crippen molar-refractivity contribution in [1.29, 1.82) is 0 Å². The van der Waals surface area contributed by atoms with E-state index >= 15 is 0 Å². The van der Waals surface area contributed by atoms with Crippen LogP contribution in [0.25, 0.3) is 0 Å². The second-order valence-electron chi connectivity index (χ2n) is 1.78. The van der Waals surface area contributed by atoms with E-state index in [1.807, 2.05) is 12.1 Å². The fourth-order valence-electron chi connectivity index (χ4n) is 0.642. The van der Waals surface area contributed by atoms with E-state index in [1.165, 1.54) is 3.58 Å². The summed E-state index contributed by atoms with van der Waals surface area (Å²) in [7, 11) is 1.69. The Kier molecular flexibility index (Phi) is 2.39. The number of hydrogen-bond donors (Lipinski definition) is 0. The van der Waals surface area contributed by atoms with Gasteiger partial charge in [-0.1, -0.05) is 0 Å². The van der Waals surface area contributed by atoms with Crippen LogP contribution in [0.1, 0.15) is 0 Å². The van der Waals surface area contributed by atoms with Crippen molar-refractivity contribution in [2.75, 3.05) is 7.11 Å². The summed E-state index contributed by atoms with van der Waals surface area (Å²) in [6.07, 6.45) is 0. The molecule has 0 aliphatic carbocycles. The quantitative estimate of drug-likeness (QED) is 0.623. The summed E-state index contributed by atoms with van der Waals surface area (Å²) in [4.78, 5) is 0. The third-order valence-electron chi connectivity index (χ3n) is 1.09. The van der Waals surface area contributed by atoms with Crippen molar-refractivity contribution in [3.63, 3.8) is 0 Å². The zero-order chi connectivity index (χ0) is 6.69. The molecule has 1 aromatic carbocycles. The minimum absolute atomic E-state index is 0.958. The van der Waals surface area contributed by atoms with Crippen LogP contribution in [-0.4, -0.2) is 29.6 Å². The molecule has 0 aromatic heterocycles. The molecule has 1 rings (SSSR count). The predicted octanol–water partition coefficient (Wildman–Crippen LogP) is 0.221. The maximum atomic E-state index is 5.02. The second-order valence-corrected chi connectivity index (χ2v) is 3.68. The summed E-state index contributed by atoms with van der Waals surface area (Å²) >= 11 is 1.16. The van der Waals surface area contributed by atoms with E-state index in [1.54, 1.807) is 7.11 Å². The standard InChI is InChI=1S/C7H7O.Sn.H/c1-8-7-5-3-2-4-6-7;;/h2-3,5-6H,1H3;;. The summed E-state index contributed by atoms with van der Waals surface area (Å²) in [5, 5.41) is 0. The van der Waals surface area contributed by atoms with Gasteiger partial charge in [0.25, 0.3) is 0 Å². The van der Waals surface area contributed by atoms with Crippen molar-refractivity contribution in [1.82, 2.24) is 0 Å². The van der Waals surface area contributed by atoms with Gasteiger partial charge in [0, 0.05) is 0 Å². The van der Waals surface area contributed by atoms with E-state index in [9.17, 15) is 0 Å². The van der Waals surface area contributed by atoms with Crippen molar-refractivity contribution >= 4 is 26.1 Å². The van der Waals surface area contributed by atoms with Crippen LogP contribution in [0, 0.1) is 0 Å². The van der Waals surface area contributed by atoms with Crippen molar-refractivity contribution in [3.8, 4) is 5.75 Å². The molecule has 1 aromatic rings. The molecule has 46 valence electrons. The normalized spacial score (nSPS) is 9.11. The van der Waals surface area contributed by atoms with Crippen molar-refractivity contribution in [2.24, 2.45) is 0 Å². The zero-order valence-corrected chi connectivity index (χ0v) is 8.59. The van der Waals surface area contributed by atoms with Crippen LogP contribution in [0.3, 0.4) is 0 Å². The molecule has 0 aliphatic rings. The number of ether oxygens (including phenoxy) is 1. The van der Waals surface area contributed by atoms with Crippen LogP contribution in [0.2, 0.25) is 0 Å². The molecule has 0 atom stereocenters. The third-order valence-corrected chi connectivity index (χ3v) is 2.12. The number of benzene rings is 1. The Bertz CT molecular complexity index is 198. The van der Waals surface area contributed by atoms with Gasteiger partial charge in [0.1, 0.15) is 0 Å². The summed E-state index contributed by atoms with van der Waals surface area (Å²) in [5.74, 6) is 0.958. The first kappa shape index (κ1) is 6.93. The van der Waals surface area contributed by atoms with E-state index in [2.05, 4.69) is 12.1 Å². The molecule has 1 nitrogen and oxygen atoms in total. The Morgan fingerprint density at radius 2 is 2.22 bits per heavy atom. The number of hydrogen-bond acceptors (Lipinski definition) is 1. The second kappa shape index (κ2) is 3.11. The monoisotopic (exact) mass is 228 g/mol. The first-order valence-electron chi connectivity index (χ1n) is 2.72. The third kappa shape index (κ3) is 1.90. The summed E-state index contributed by atoms with van der Waals surface area (Å²) in [5.41, 5.74) is 0. The summed E-state index contributed by atoms with van der Waals surface area (Å²) < 4.78 is 6.38. The number of methoxy groups -OCH3 is 1. The first-order chi connectivity index (χ1) is 4.33. The Labute approximate surface area is 68.1 Å². The van der Waals surface area contributed by atoms with Gasteiger partial charge in [-0.05, 0) is 0 Å². The molecular weight excluding hydrogens is 219 g/mol. The molecule has 0 saturated heterocycles.